The topological polar surface area (TPSA) is 103 Å². The van der Waals surface area contributed by atoms with E-state index in [0.717, 1.165) is 0 Å². The van der Waals surface area contributed by atoms with Gasteiger partial charge < -0.3 is 9.84 Å². The van der Waals surface area contributed by atoms with Gasteiger partial charge in [-0.25, -0.2) is 4.79 Å². The molecule has 102 valence electrons. The first kappa shape index (κ1) is 13.5. The number of nitro benzene ring substituents is 1. The average molecular weight is 274 g/mol. The number of rotatable bonds is 5. The molecule has 0 aliphatic rings. The van der Waals surface area contributed by atoms with Crippen LogP contribution in [0.4, 0.5) is 5.69 Å². The Hall–Kier alpha value is -2.96. The number of ether oxygens (including phenoxy) is 1. The van der Waals surface area contributed by atoms with Crippen LogP contribution in [0.3, 0.4) is 0 Å². The highest BCUT2D eigenvalue weighted by atomic mass is 16.6. The summed E-state index contributed by atoms with van der Waals surface area (Å²) in [5.74, 6) is -0.810. The third kappa shape index (κ3) is 3.29. The first-order chi connectivity index (χ1) is 9.56. The molecule has 0 saturated carbocycles. The van der Waals surface area contributed by atoms with Crippen molar-refractivity contribution in [2.24, 2.45) is 0 Å². The Bertz CT molecular complexity index is 599. The fourth-order valence-electron chi connectivity index (χ4n) is 1.54. The molecule has 2 aromatic rings. The van der Waals surface area contributed by atoms with Gasteiger partial charge in [-0.15, -0.1) is 0 Å². The Labute approximate surface area is 113 Å². The van der Waals surface area contributed by atoms with Crippen LogP contribution in [0.5, 0.6) is 5.75 Å². The second-order valence-electron chi connectivity index (χ2n) is 3.93. The smallest absolute Gasteiger partial charge is 0.337 e. The van der Waals surface area contributed by atoms with Gasteiger partial charge in [0.15, 0.2) is 0 Å². The van der Waals surface area contributed by atoms with Gasteiger partial charge in [0.1, 0.15) is 12.4 Å². The van der Waals surface area contributed by atoms with Crippen molar-refractivity contribution in [2.75, 3.05) is 0 Å². The molecule has 0 aliphatic heterocycles. The number of nitro groups is 1. The lowest BCUT2D eigenvalue weighted by molar-refractivity contribution is -0.384. The number of hydrogen-bond donors (Lipinski definition) is 1. The number of hydrogen-bond acceptors (Lipinski definition) is 5. The molecule has 1 aromatic heterocycles. The maximum Gasteiger partial charge on any atom is 0.337 e. The number of carboxylic acids is 1. The number of carbonyl (C=O) groups is 1. The molecule has 20 heavy (non-hydrogen) atoms. The van der Waals surface area contributed by atoms with Crippen LogP contribution in [-0.2, 0) is 6.61 Å². The van der Waals surface area contributed by atoms with E-state index < -0.39 is 10.9 Å². The molecule has 0 aliphatic carbocycles. The molecular weight excluding hydrogens is 264 g/mol. The molecule has 2 rings (SSSR count). The number of non-ortho nitro benzene ring substituents is 1. The van der Waals surface area contributed by atoms with Crippen molar-refractivity contribution >= 4 is 11.7 Å². The van der Waals surface area contributed by atoms with E-state index in [2.05, 4.69) is 4.98 Å². The lowest BCUT2D eigenvalue weighted by Gasteiger charge is -2.06. The Morgan fingerprint density at radius 2 is 2.15 bits per heavy atom. The number of aromatic nitrogens is 1. The fraction of sp³-hybridized carbons (Fsp3) is 0.0769. The first-order valence-corrected chi connectivity index (χ1v) is 5.61. The van der Waals surface area contributed by atoms with E-state index in [1.807, 2.05) is 0 Å². The summed E-state index contributed by atoms with van der Waals surface area (Å²) >= 11 is 0. The standard InChI is InChI=1S/C13H10N2O5/c16-13(17)10-5-12(7-14-6-10)20-8-9-2-1-3-11(4-9)15(18)19/h1-7H,8H2,(H,16,17). The van der Waals surface area contributed by atoms with Crippen molar-refractivity contribution < 1.29 is 19.6 Å². The van der Waals surface area contributed by atoms with E-state index in [4.69, 9.17) is 9.84 Å². The number of nitrogens with zero attached hydrogens (tertiary/aromatic N) is 2. The maximum atomic E-state index is 10.8. The highest BCUT2D eigenvalue weighted by Crippen LogP contribution is 2.16. The lowest BCUT2D eigenvalue weighted by atomic mass is 10.2. The average Bonchev–Trinajstić information content (AvgIpc) is 2.45. The second-order valence-corrected chi connectivity index (χ2v) is 3.93. The van der Waals surface area contributed by atoms with Crippen LogP contribution in [-0.4, -0.2) is 21.0 Å². The fourth-order valence-corrected chi connectivity index (χ4v) is 1.54. The Kier molecular flexibility index (Phi) is 3.90. The summed E-state index contributed by atoms with van der Waals surface area (Å²) < 4.78 is 5.37. The number of pyridine rings is 1. The van der Waals surface area contributed by atoms with E-state index >= 15 is 0 Å². The summed E-state index contributed by atoms with van der Waals surface area (Å²) in [7, 11) is 0. The van der Waals surface area contributed by atoms with Crippen LogP contribution >= 0.6 is 0 Å². The van der Waals surface area contributed by atoms with Gasteiger partial charge in [0.2, 0.25) is 0 Å². The monoisotopic (exact) mass is 274 g/mol. The molecule has 0 amide bonds. The SMILES string of the molecule is O=C(O)c1cncc(OCc2cccc([N+](=O)[O-])c2)c1. The highest BCUT2D eigenvalue weighted by Gasteiger charge is 2.07. The van der Waals surface area contributed by atoms with Crippen LogP contribution < -0.4 is 4.74 Å². The third-order valence-electron chi connectivity index (χ3n) is 2.49. The predicted octanol–water partition coefficient (Wildman–Crippen LogP) is 2.27. The molecule has 7 nitrogen and oxygen atoms in total. The zero-order chi connectivity index (χ0) is 14.5. The van der Waals surface area contributed by atoms with Crippen LogP contribution in [0.15, 0.2) is 42.7 Å². The summed E-state index contributed by atoms with van der Waals surface area (Å²) in [6, 6.07) is 7.36. The number of carboxylic acid groups (broad SMARTS) is 1. The zero-order valence-corrected chi connectivity index (χ0v) is 10.2. The molecular formula is C13H10N2O5. The summed E-state index contributed by atoms with van der Waals surface area (Å²) in [6.45, 7) is 0.0897. The largest absolute Gasteiger partial charge is 0.487 e. The van der Waals surface area contributed by atoms with Crippen molar-refractivity contribution in [3.05, 3.63) is 64.0 Å². The minimum absolute atomic E-state index is 0.0153. The van der Waals surface area contributed by atoms with E-state index in [9.17, 15) is 14.9 Å². The number of benzene rings is 1. The molecule has 0 atom stereocenters. The van der Waals surface area contributed by atoms with Gasteiger partial charge in [0.05, 0.1) is 16.7 Å². The van der Waals surface area contributed by atoms with Crippen molar-refractivity contribution in [3.63, 3.8) is 0 Å². The summed E-state index contributed by atoms with van der Waals surface area (Å²) in [5, 5.41) is 19.5. The molecule has 1 N–H and O–H groups in total. The zero-order valence-electron chi connectivity index (χ0n) is 10.2. The molecule has 0 saturated heterocycles. The van der Waals surface area contributed by atoms with Gasteiger partial charge in [-0.1, -0.05) is 12.1 Å². The molecule has 1 aromatic carbocycles. The third-order valence-corrected chi connectivity index (χ3v) is 2.49. The van der Waals surface area contributed by atoms with Crippen molar-refractivity contribution in [1.29, 1.82) is 0 Å². The van der Waals surface area contributed by atoms with Crippen LogP contribution in [0.2, 0.25) is 0 Å². The quantitative estimate of drug-likeness (QED) is 0.662. The highest BCUT2D eigenvalue weighted by molar-refractivity contribution is 5.87. The van der Waals surface area contributed by atoms with Gasteiger partial charge >= 0.3 is 5.97 Å². The van der Waals surface area contributed by atoms with E-state index in [1.165, 1.54) is 30.6 Å². The molecule has 0 radical (unpaired) electrons. The summed E-state index contributed by atoms with van der Waals surface area (Å²) in [6.07, 6.45) is 2.59. The van der Waals surface area contributed by atoms with E-state index in [0.29, 0.717) is 5.56 Å². The summed E-state index contributed by atoms with van der Waals surface area (Å²) in [5.41, 5.74) is 0.602. The van der Waals surface area contributed by atoms with Gasteiger partial charge in [-0.2, -0.15) is 0 Å². The predicted molar refractivity (Wildman–Crippen MR) is 68.6 cm³/mol. The van der Waals surface area contributed by atoms with E-state index in [-0.39, 0.29) is 23.6 Å². The Morgan fingerprint density at radius 1 is 1.35 bits per heavy atom. The van der Waals surface area contributed by atoms with Crippen LogP contribution in [0, 0.1) is 10.1 Å². The molecule has 7 heteroatoms. The lowest BCUT2D eigenvalue weighted by Crippen LogP contribution is -2.00. The molecule has 0 bridgehead atoms. The van der Waals surface area contributed by atoms with Crippen LogP contribution in [0.25, 0.3) is 0 Å². The molecule has 0 spiro atoms. The van der Waals surface area contributed by atoms with Crippen LogP contribution in [0.1, 0.15) is 15.9 Å². The summed E-state index contributed by atoms with van der Waals surface area (Å²) in [4.78, 5) is 24.7. The Morgan fingerprint density at radius 3 is 2.85 bits per heavy atom. The van der Waals surface area contributed by atoms with Gasteiger partial charge in [0, 0.05) is 18.3 Å². The van der Waals surface area contributed by atoms with Crippen molar-refractivity contribution in [3.8, 4) is 5.75 Å². The molecule has 0 unspecified atom stereocenters. The maximum absolute atomic E-state index is 10.8. The Balaban J connectivity index is 2.08. The van der Waals surface area contributed by atoms with Gasteiger partial charge in [0.25, 0.3) is 5.69 Å². The normalized spacial score (nSPS) is 10.0. The van der Waals surface area contributed by atoms with Crippen molar-refractivity contribution in [2.45, 2.75) is 6.61 Å². The first-order valence-electron chi connectivity index (χ1n) is 5.61. The van der Waals surface area contributed by atoms with Gasteiger partial charge in [-0.3, -0.25) is 15.1 Å². The molecule has 0 fully saturated rings. The second kappa shape index (κ2) is 5.79. The molecule has 1 heterocycles. The minimum atomic E-state index is -1.10. The van der Waals surface area contributed by atoms with Gasteiger partial charge in [-0.05, 0) is 11.6 Å². The minimum Gasteiger partial charge on any atom is -0.487 e. The number of aromatic carboxylic acids is 1. The van der Waals surface area contributed by atoms with E-state index in [1.54, 1.807) is 12.1 Å². The van der Waals surface area contributed by atoms with Crippen molar-refractivity contribution in [1.82, 2.24) is 4.98 Å².